The molecule has 0 aliphatic heterocycles. The number of hydrogen-bond acceptors (Lipinski definition) is 4. The molecule has 1 aromatic heterocycles. The topological polar surface area (TPSA) is 56.5 Å². The van der Waals surface area contributed by atoms with Gasteiger partial charge in [-0.1, -0.05) is 0 Å². The fourth-order valence-electron chi connectivity index (χ4n) is 2.14. The van der Waals surface area contributed by atoms with E-state index in [1.54, 1.807) is 22.9 Å². The Hall–Kier alpha value is -3.20. The predicted molar refractivity (Wildman–Crippen MR) is 84.2 cm³/mol. The minimum atomic E-state index is 0.556. The molecule has 2 aromatic carbocycles. The molecule has 0 aliphatic carbocycles. The zero-order chi connectivity index (χ0) is 15.4. The van der Waals surface area contributed by atoms with Gasteiger partial charge in [0.25, 0.3) is 0 Å². The third-order valence-corrected chi connectivity index (χ3v) is 3.10. The summed E-state index contributed by atoms with van der Waals surface area (Å²) in [6.45, 7) is 0. The first-order chi connectivity index (χ1) is 10.8. The van der Waals surface area contributed by atoms with E-state index in [0.717, 1.165) is 17.4 Å². The molecule has 6 heteroatoms. The van der Waals surface area contributed by atoms with Crippen LogP contribution in [0.1, 0.15) is 10.4 Å². The van der Waals surface area contributed by atoms with Gasteiger partial charge in [-0.3, -0.25) is 0 Å². The van der Waals surface area contributed by atoms with Crippen molar-refractivity contribution in [2.24, 2.45) is 4.90 Å². The van der Waals surface area contributed by atoms with Crippen LogP contribution < -0.4 is 0 Å². The van der Waals surface area contributed by atoms with E-state index in [9.17, 15) is 4.79 Å². The van der Waals surface area contributed by atoms with Crippen molar-refractivity contribution in [3.8, 4) is 18.2 Å². The Morgan fingerprint density at radius 1 is 1.27 bits per heavy atom. The van der Waals surface area contributed by atoms with Gasteiger partial charge in [-0.05, 0) is 0 Å². The van der Waals surface area contributed by atoms with Crippen LogP contribution in [0, 0.1) is 12.5 Å². The SMILES string of the molecule is C#CO/B=N/c1c2ccc(C=O)cc2nn1-c1ccccc1. The van der Waals surface area contributed by atoms with Gasteiger partial charge in [0.15, 0.2) is 0 Å². The number of terminal acetylenes is 1. The van der Waals surface area contributed by atoms with Crippen molar-refractivity contribution in [1.29, 1.82) is 0 Å². The van der Waals surface area contributed by atoms with Crippen LogP contribution in [0.5, 0.6) is 0 Å². The molecular weight excluding hydrogens is 277 g/mol. The van der Waals surface area contributed by atoms with Crippen LogP contribution in [0.3, 0.4) is 0 Å². The molecule has 0 bridgehead atoms. The molecule has 0 spiro atoms. The van der Waals surface area contributed by atoms with Crippen molar-refractivity contribution in [2.45, 2.75) is 0 Å². The molecule has 3 aromatic rings. The Morgan fingerprint density at radius 2 is 2.09 bits per heavy atom. The van der Waals surface area contributed by atoms with E-state index in [4.69, 9.17) is 11.1 Å². The first-order valence-electron chi connectivity index (χ1n) is 6.50. The van der Waals surface area contributed by atoms with Gasteiger partial charge in [0.2, 0.25) is 0 Å². The minimum absolute atomic E-state index is 0.556. The van der Waals surface area contributed by atoms with E-state index in [2.05, 4.69) is 9.99 Å². The summed E-state index contributed by atoms with van der Waals surface area (Å²) in [6, 6.07) is 14.8. The summed E-state index contributed by atoms with van der Waals surface area (Å²) in [5, 5.41) is 5.30. The van der Waals surface area contributed by atoms with Gasteiger partial charge in [-0.25, -0.2) is 0 Å². The van der Waals surface area contributed by atoms with Crippen molar-refractivity contribution in [1.82, 2.24) is 9.78 Å². The molecule has 0 fully saturated rings. The molecule has 3 rings (SSSR count). The summed E-state index contributed by atoms with van der Waals surface area (Å²) in [6.07, 6.45) is 7.86. The number of hydrogen-bond donors (Lipinski definition) is 0. The molecule has 104 valence electrons. The van der Waals surface area contributed by atoms with Crippen LogP contribution in [0.15, 0.2) is 53.4 Å². The summed E-state index contributed by atoms with van der Waals surface area (Å²) in [4.78, 5) is 15.2. The van der Waals surface area contributed by atoms with Crippen molar-refractivity contribution in [3.05, 3.63) is 54.1 Å². The zero-order valence-corrected chi connectivity index (χ0v) is 11.5. The number of benzene rings is 2. The van der Waals surface area contributed by atoms with Gasteiger partial charge >= 0.3 is 127 Å². The Balaban J connectivity index is 2.23. The second-order valence-corrected chi connectivity index (χ2v) is 4.44. The average molecular weight is 287 g/mol. The van der Waals surface area contributed by atoms with Gasteiger partial charge in [0, 0.05) is 0 Å². The number of aromatic nitrogens is 2. The molecule has 0 atom stereocenters. The molecular formula is C16H10BN3O2. The summed E-state index contributed by atoms with van der Waals surface area (Å²) >= 11 is 0. The number of fused-ring (bicyclic) bond motifs is 1. The van der Waals surface area contributed by atoms with Crippen LogP contribution in [0.25, 0.3) is 16.6 Å². The Bertz CT molecular complexity index is 895. The van der Waals surface area contributed by atoms with Crippen molar-refractivity contribution in [3.63, 3.8) is 0 Å². The number of aldehydes is 1. The third kappa shape index (κ3) is 2.52. The van der Waals surface area contributed by atoms with E-state index >= 15 is 0 Å². The van der Waals surface area contributed by atoms with Crippen molar-refractivity contribution in [2.75, 3.05) is 0 Å². The number of rotatable bonds is 4. The fraction of sp³-hybridized carbons (Fsp3) is 0. The number of carbonyl (C=O) groups excluding carboxylic acids is 1. The summed E-state index contributed by atoms with van der Waals surface area (Å²) in [5.41, 5.74) is 2.07. The Labute approximate surface area is 127 Å². The molecule has 22 heavy (non-hydrogen) atoms. The van der Waals surface area contributed by atoms with Crippen LogP contribution in [-0.2, 0) is 4.65 Å². The maximum atomic E-state index is 10.9. The van der Waals surface area contributed by atoms with Gasteiger partial charge in [0.05, 0.1) is 0 Å². The normalized spacial score (nSPS) is 10.3. The Morgan fingerprint density at radius 3 is 2.82 bits per heavy atom. The maximum absolute atomic E-state index is 10.9. The standard InChI is InChI=1S/C16H10BN3O2/c1-2-22-17-18-16-14-9-8-12(11-21)10-15(14)19-20(16)13-6-4-3-5-7-13/h1,3-11H. The predicted octanol–water partition coefficient (Wildman–Crippen LogP) is 2.88. The van der Waals surface area contributed by atoms with Gasteiger partial charge in [-0.15, -0.1) is 0 Å². The molecule has 0 unspecified atom stereocenters. The molecule has 0 saturated heterocycles. The molecule has 0 radical (unpaired) electrons. The van der Waals surface area contributed by atoms with E-state index < -0.39 is 0 Å². The van der Waals surface area contributed by atoms with Gasteiger partial charge in [0.1, 0.15) is 0 Å². The van der Waals surface area contributed by atoms with E-state index in [0.29, 0.717) is 16.9 Å². The summed E-state index contributed by atoms with van der Waals surface area (Å²) in [7, 11) is 1.18. The van der Waals surface area contributed by atoms with Crippen molar-refractivity contribution < 1.29 is 9.45 Å². The van der Waals surface area contributed by atoms with Crippen LogP contribution >= 0.6 is 0 Å². The molecule has 5 nitrogen and oxygen atoms in total. The molecule has 0 N–H and O–H groups in total. The van der Waals surface area contributed by atoms with Crippen LogP contribution in [0.2, 0.25) is 0 Å². The summed E-state index contributed by atoms with van der Waals surface area (Å²) < 4.78 is 6.41. The van der Waals surface area contributed by atoms with Crippen LogP contribution in [0.4, 0.5) is 5.82 Å². The fourth-order valence-corrected chi connectivity index (χ4v) is 2.14. The first kappa shape index (κ1) is 13.8. The third-order valence-electron chi connectivity index (χ3n) is 3.10. The molecule has 1 heterocycles. The number of carbonyl (C=O) groups is 1. The van der Waals surface area contributed by atoms with Crippen LogP contribution in [-0.4, -0.2) is 23.3 Å². The molecule has 0 amide bonds. The quantitative estimate of drug-likeness (QED) is 0.421. The van der Waals surface area contributed by atoms with E-state index in [1.807, 2.05) is 36.4 Å². The second-order valence-electron chi connectivity index (χ2n) is 4.44. The first-order valence-corrected chi connectivity index (χ1v) is 6.50. The monoisotopic (exact) mass is 287 g/mol. The second kappa shape index (κ2) is 6.06. The number of nitrogens with zero attached hydrogens (tertiary/aromatic N) is 3. The average Bonchev–Trinajstić information content (AvgIpc) is 2.94. The van der Waals surface area contributed by atoms with Gasteiger partial charge in [-0.2, -0.15) is 0 Å². The van der Waals surface area contributed by atoms with Gasteiger partial charge < -0.3 is 0 Å². The molecule has 0 saturated carbocycles. The van der Waals surface area contributed by atoms with E-state index in [-0.39, 0.29) is 0 Å². The Kier molecular flexibility index (Phi) is 3.79. The van der Waals surface area contributed by atoms with E-state index in [1.165, 1.54) is 7.27 Å². The van der Waals surface area contributed by atoms with Crippen molar-refractivity contribution >= 4 is 30.3 Å². The number of para-hydroxylation sites is 1. The zero-order valence-electron chi connectivity index (χ0n) is 11.5. The molecule has 0 aliphatic rings. The summed E-state index contributed by atoms with van der Waals surface area (Å²) in [5.74, 6) is 0.578.